The number of thiophene rings is 1. The van der Waals surface area contributed by atoms with Gasteiger partial charge in [-0.3, -0.25) is 14.3 Å². The Morgan fingerprint density at radius 2 is 2.00 bits per heavy atom. The Kier molecular flexibility index (Phi) is 4.29. The molecular formula is C22H24FN3O2S. The van der Waals surface area contributed by atoms with Gasteiger partial charge in [0, 0.05) is 26.9 Å². The highest BCUT2D eigenvalue weighted by molar-refractivity contribution is 7.15. The van der Waals surface area contributed by atoms with Gasteiger partial charge in [-0.05, 0) is 75.6 Å². The van der Waals surface area contributed by atoms with Gasteiger partial charge >= 0.3 is 5.69 Å². The lowest BCUT2D eigenvalue weighted by Crippen LogP contribution is -2.31. The Morgan fingerprint density at radius 3 is 2.69 bits per heavy atom. The number of nitrogens with zero attached hydrogens (tertiary/aromatic N) is 1. The number of benzene rings is 1. The largest absolute Gasteiger partial charge is 0.330 e. The summed E-state index contributed by atoms with van der Waals surface area (Å²) in [6, 6.07) is 2.17. The Balaban J connectivity index is 1.80. The smallest absolute Gasteiger partial charge is 0.329 e. The molecule has 0 saturated heterocycles. The third-order valence-corrected chi connectivity index (χ3v) is 7.73. The lowest BCUT2D eigenvalue weighted by Gasteiger charge is -2.19. The van der Waals surface area contributed by atoms with Crippen LogP contribution in [-0.4, -0.2) is 16.1 Å². The van der Waals surface area contributed by atoms with Gasteiger partial charge in [-0.1, -0.05) is 0 Å². The molecule has 7 heteroatoms. The van der Waals surface area contributed by atoms with Crippen LogP contribution in [0.4, 0.5) is 4.39 Å². The van der Waals surface area contributed by atoms with Crippen LogP contribution < -0.4 is 17.0 Å². The van der Waals surface area contributed by atoms with Gasteiger partial charge in [0.05, 0.1) is 10.9 Å². The van der Waals surface area contributed by atoms with Crippen molar-refractivity contribution in [3.8, 4) is 10.4 Å². The first-order chi connectivity index (χ1) is 13.9. The van der Waals surface area contributed by atoms with Gasteiger partial charge in [0.2, 0.25) is 0 Å². The van der Waals surface area contributed by atoms with Crippen molar-refractivity contribution in [2.45, 2.75) is 52.0 Å². The summed E-state index contributed by atoms with van der Waals surface area (Å²) in [4.78, 5) is 29.7. The number of aryl methyl sites for hydroxylation is 3. The third kappa shape index (κ3) is 2.82. The Morgan fingerprint density at radius 1 is 1.24 bits per heavy atom. The van der Waals surface area contributed by atoms with E-state index in [1.54, 1.807) is 22.8 Å². The Labute approximate surface area is 171 Å². The van der Waals surface area contributed by atoms with Gasteiger partial charge in [0.25, 0.3) is 5.56 Å². The first-order valence-electron chi connectivity index (χ1n) is 10.2. The summed E-state index contributed by atoms with van der Waals surface area (Å²) < 4.78 is 17.2. The van der Waals surface area contributed by atoms with E-state index in [1.807, 2.05) is 6.92 Å². The molecular weight excluding hydrogens is 389 g/mol. The predicted molar refractivity (Wildman–Crippen MR) is 114 cm³/mol. The predicted octanol–water partition coefficient (Wildman–Crippen LogP) is 3.57. The van der Waals surface area contributed by atoms with Crippen LogP contribution in [0, 0.1) is 25.6 Å². The number of nitrogens with one attached hydrogen (secondary N) is 1. The number of halogens is 1. The second-order valence-corrected chi connectivity index (χ2v) is 9.56. The van der Waals surface area contributed by atoms with Crippen LogP contribution in [0.1, 0.15) is 46.9 Å². The molecule has 2 aliphatic carbocycles. The molecule has 0 amide bonds. The summed E-state index contributed by atoms with van der Waals surface area (Å²) in [6.07, 6.45) is 4.78. The Hall–Kier alpha value is -2.25. The molecule has 152 valence electrons. The molecule has 5 rings (SSSR count). The second kappa shape index (κ2) is 6.64. The van der Waals surface area contributed by atoms with E-state index in [-0.39, 0.29) is 11.9 Å². The number of aromatic nitrogens is 2. The molecule has 1 atom stereocenters. The maximum Gasteiger partial charge on any atom is 0.329 e. The van der Waals surface area contributed by atoms with Crippen molar-refractivity contribution in [1.29, 1.82) is 0 Å². The van der Waals surface area contributed by atoms with Crippen LogP contribution in [0.15, 0.2) is 15.7 Å². The number of rotatable bonds is 3. The van der Waals surface area contributed by atoms with Gasteiger partial charge < -0.3 is 5.73 Å². The number of aromatic amines is 1. The average Bonchev–Trinajstić information content (AvgIpc) is 3.43. The van der Waals surface area contributed by atoms with Gasteiger partial charge in [-0.15, -0.1) is 11.3 Å². The van der Waals surface area contributed by atoms with Crippen molar-refractivity contribution in [3.05, 3.63) is 54.3 Å². The highest BCUT2D eigenvalue weighted by atomic mass is 32.1. The molecule has 1 aromatic carbocycles. The summed E-state index contributed by atoms with van der Waals surface area (Å²) >= 11 is 1.63. The molecule has 1 fully saturated rings. The molecule has 3 aromatic rings. The zero-order chi connectivity index (χ0) is 20.4. The third-order valence-electron chi connectivity index (χ3n) is 6.47. The van der Waals surface area contributed by atoms with Gasteiger partial charge in [-0.2, -0.15) is 0 Å². The number of H-pyrrole nitrogens is 1. The van der Waals surface area contributed by atoms with E-state index in [0.29, 0.717) is 40.1 Å². The fourth-order valence-corrected chi connectivity index (χ4v) is 6.05. The van der Waals surface area contributed by atoms with E-state index in [9.17, 15) is 9.59 Å². The van der Waals surface area contributed by atoms with E-state index in [0.717, 1.165) is 37.0 Å². The SMILES string of the molecule is Cc1c(F)c(-c2cc3c(s2)CCC(CN)C3)c(C)c2c1c(=O)[nH]c(=O)n2C1CC1. The van der Waals surface area contributed by atoms with Crippen molar-refractivity contribution >= 4 is 22.2 Å². The minimum atomic E-state index is -0.510. The van der Waals surface area contributed by atoms with Gasteiger partial charge in [-0.25, -0.2) is 9.18 Å². The summed E-state index contributed by atoms with van der Waals surface area (Å²) in [5, 5.41) is 0.291. The molecule has 2 heterocycles. The van der Waals surface area contributed by atoms with Gasteiger partial charge in [0.1, 0.15) is 5.82 Å². The Bertz CT molecular complexity index is 1270. The van der Waals surface area contributed by atoms with E-state index in [2.05, 4.69) is 11.1 Å². The normalized spacial score (nSPS) is 19.0. The average molecular weight is 414 g/mol. The maximum atomic E-state index is 15.6. The zero-order valence-electron chi connectivity index (χ0n) is 16.6. The lowest BCUT2D eigenvalue weighted by molar-refractivity contribution is 0.473. The highest BCUT2D eigenvalue weighted by Crippen LogP contribution is 2.43. The summed E-state index contributed by atoms with van der Waals surface area (Å²) in [5.74, 6) is 0.114. The van der Waals surface area contributed by atoms with Crippen molar-refractivity contribution in [2.24, 2.45) is 11.7 Å². The second-order valence-electron chi connectivity index (χ2n) is 8.43. The molecule has 0 spiro atoms. The fraction of sp³-hybridized carbons (Fsp3) is 0.455. The van der Waals surface area contributed by atoms with Crippen molar-refractivity contribution in [2.75, 3.05) is 6.54 Å². The zero-order valence-corrected chi connectivity index (χ0v) is 17.4. The molecule has 0 bridgehead atoms. The summed E-state index contributed by atoms with van der Waals surface area (Å²) in [5.41, 5.74) is 8.30. The van der Waals surface area contributed by atoms with Crippen LogP contribution >= 0.6 is 11.3 Å². The van der Waals surface area contributed by atoms with Crippen molar-refractivity contribution < 1.29 is 4.39 Å². The van der Waals surface area contributed by atoms with E-state index in [4.69, 9.17) is 5.73 Å². The molecule has 0 radical (unpaired) electrons. The minimum Gasteiger partial charge on any atom is -0.330 e. The van der Waals surface area contributed by atoms with E-state index < -0.39 is 11.2 Å². The lowest BCUT2D eigenvalue weighted by atomic mass is 9.88. The van der Waals surface area contributed by atoms with Crippen LogP contribution in [0.3, 0.4) is 0 Å². The first kappa shape index (κ1) is 18.8. The highest BCUT2D eigenvalue weighted by Gasteiger charge is 2.31. The molecule has 29 heavy (non-hydrogen) atoms. The quantitative estimate of drug-likeness (QED) is 0.689. The number of nitrogens with two attached hydrogens (primary N) is 1. The van der Waals surface area contributed by atoms with Crippen molar-refractivity contribution in [3.63, 3.8) is 0 Å². The topological polar surface area (TPSA) is 80.9 Å². The standard InChI is InChI=1S/C22H24FN3O2S/c1-10-18-20(26(14-4-5-14)22(28)25-21(18)27)11(2)17(19(10)23)16-8-13-7-12(9-24)3-6-15(13)29-16/h8,12,14H,3-7,9,24H2,1-2H3,(H,25,27,28). The molecule has 1 saturated carbocycles. The van der Waals surface area contributed by atoms with Gasteiger partial charge in [0.15, 0.2) is 0 Å². The fourth-order valence-electron chi connectivity index (χ4n) is 4.74. The number of fused-ring (bicyclic) bond motifs is 2. The number of hydrogen-bond acceptors (Lipinski definition) is 4. The van der Waals surface area contributed by atoms with Crippen LogP contribution in [0.5, 0.6) is 0 Å². The molecule has 2 aliphatic rings. The molecule has 0 aliphatic heterocycles. The van der Waals surface area contributed by atoms with Crippen LogP contribution in [0.2, 0.25) is 0 Å². The summed E-state index contributed by atoms with van der Waals surface area (Å²) in [7, 11) is 0. The molecule has 2 aromatic heterocycles. The number of hydrogen-bond donors (Lipinski definition) is 2. The maximum absolute atomic E-state index is 15.6. The molecule has 5 nitrogen and oxygen atoms in total. The van der Waals surface area contributed by atoms with E-state index in [1.165, 1.54) is 10.4 Å². The first-order valence-corrected chi connectivity index (χ1v) is 11.0. The van der Waals surface area contributed by atoms with Crippen LogP contribution in [-0.2, 0) is 12.8 Å². The molecule has 3 N–H and O–H groups in total. The van der Waals surface area contributed by atoms with Crippen LogP contribution in [0.25, 0.3) is 21.3 Å². The monoisotopic (exact) mass is 413 g/mol. The minimum absolute atomic E-state index is 0.0834. The van der Waals surface area contributed by atoms with Crippen molar-refractivity contribution in [1.82, 2.24) is 9.55 Å². The van der Waals surface area contributed by atoms with E-state index >= 15 is 4.39 Å². The molecule has 1 unspecified atom stereocenters. The summed E-state index contributed by atoms with van der Waals surface area (Å²) in [6.45, 7) is 4.14.